The summed E-state index contributed by atoms with van der Waals surface area (Å²) in [6.07, 6.45) is -1.77. The van der Waals surface area contributed by atoms with Crippen molar-refractivity contribution in [3.05, 3.63) is 51.7 Å². The Labute approximate surface area is 228 Å². The maximum absolute atomic E-state index is 14.6. The molecule has 0 amide bonds. The van der Waals surface area contributed by atoms with E-state index in [1.807, 2.05) is 18.7 Å². The van der Waals surface area contributed by atoms with E-state index in [2.05, 4.69) is 27.5 Å². The lowest BCUT2D eigenvalue weighted by molar-refractivity contribution is -0.140. The zero-order valence-electron chi connectivity index (χ0n) is 22.0. The summed E-state index contributed by atoms with van der Waals surface area (Å²) < 4.78 is 68.0. The lowest BCUT2D eigenvalue weighted by Gasteiger charge is -2.28. The molecule has 0 unspecified atom stereocenters. The Kier molecular flexibility index (Phi) is 9.83. The van der Waals surface area contributed by atoms with Crippen molar-refractivity contribution in [2.45, 2.75) is 46.0 Å². The van der Waals surface area contributed by atoms with Gasteiger partial charge in [0.05, 0.1) is 35.0 Å². The van der Waals surface area contributed by atoms with Gasteiger partial charge in [-0.2, -0.15) is 13.2 Å². The van der Waals surface area contributed by atoms with Gasteiger partial charge < -0.3 is 24.0 Å². The first kappa shape index (κ1) is 30.3. The van der Waals surface area contributed by atoms with Gasteiger partial charge in [0.2, 0.25) is 0 Å². The average molecular weight is 604 g/mol. The molecule has 1 aliphatic heterocycles. The highest BCUT2D eigenvalue weighted by Crippen LogP contribution is 2.38. The Balaban J connectivity index is 2.25. The van der Waals surface area contributed by atoms with Crippen LogP contribution in [0.4, 0.5) is 17.6 Å². The highest BCUT2D eigenvalue weighted by molar-refractivity contribution is 9.10. The fraction of sp³-hybridized carbons (Fsp3) is 0.519. The van der Waals surface area contributed by atoms with E-state index in [4.69, 9.17) is 9.47 Å². The predicted molar refractivity (Wildman–Crippen MR) is 145 cm³/mol. The zero-order chi connectivity index (χ0) is 28.3. The van der Waals surface area contributed by atoms with Gasteiger partial charge in [0, 0.05) is 49.8 Å². The van der Waals surface area contributed by atoms with Gasteiger partial charge in [0.15, 0.2) is 0 Å². The monoisotopic (exact) mass is 603 g/mol. The molecule has 210 valence electrons. The van der Waals surface area contributed by atoms with E-state index in [1.54, 1.807) is 19.2 Å². The molecule has 1 saturated heterocycles. The highest BCUT2D eigenvalue weighted by Gasteiger charge is 2.33. The number of aromatic nitrogens is 1. The summed E-state index contributed by atoms with van der Waals surface area (Å²) in [7, 11) is 1.48. The number of hydrogen-bond acceptors (Lipinski definition) is 5. The number of aliphatic hydroxyl groups is 1. The molecule has 1 aromatic heterocycles. The van der Waals surface area contributed by atoms with E-state index in [0.717, 1.165) is 10.6 Å². The number of aliphatic imine (C=N–C) groups is 1. The van der Waals surface area contributed by atoms with Crippen LogP contribution in [0.5, 0.6) is 0 Å². The fourth-order valence-corrected chi connectivity index (χ4v) is 4.61. The number of allylic oxidation sites excluding steroid dienone is 1. The van der Waals surface area contributed by atoms with E-state index in [0.29, 0.717) is 48.6 Å². The first-order valence-electron chi connectivity index (χ1n) is 12.2. The molecule has 38 heavy (non-hydrogen) atoms. The number of halogens is 5. The highest BCUT2D eigenvalue weighted by atomic mass is 79.9. The van der Waals surface area contributed by atoms with Crippen molar-refractivity contribution in [3.8, 4) is 0 Å². The molecular formula is C27H34BrF4N3O3. The minimum atomic E-state index is -4.57. The maximum Gasteiger partial charge on any atom is 0.406 e. The summed E-state index contributed by atoms with van der Waals surface area (Å²) in [6, 6.07) is 2.58. The number of aliphatic hydroxyl groups excluding tert-OH is 1. The van der Waals surface area contributed by atoms with Crippen LogP contribution in [0.1, 0.15) is 32.0 Å². The van der Waals surface area contributed by atoms with Crippen LogP contribution in [0.2, 0.25) is 0 Å². The second kappa shape index (κ2) is 12.3. The van der Waals surface area contributed by atoms with Crippen molar-refractivity contribution in [1.82, 2.24) is 9.47 Å². The van der Waals surface area contributed by atoms with Gasteiger partial charge in [-0.1, -0.05) is 20.4 Å². The second-order valence-electron chi connectivity index (χ2n) is 10.1. The van der Waals surface area contributed by atoms with E-state index in [9.17, 15) is 22.7 Å². The van der Waals surface area contributed by atoms with Crippen molar-refractivity contribution < 1.29 is 32.1 Å². The molecule has 1 aromatic carbocycles. The molecule has 11 heteroatoms. The quantitative estimate of drug-likeness (QED) is 0.269. The summed E-state index contributed by atoms with van der Waals surface area (Å²) in [5.74, 6) is -0.674. The molecule has 0 bridgehead atoms. The van der Waals surface area contributed by atoms with Crippen LogP contribution >= 0.6 is 15.9 Å². The standard InChI is InChI=1S/C27H34BrF4N3O3/c1-17(34-6-8-38-9-7-34)14-33-23(18(2)37-5)12-25-20(13-26(3,4)16-36)19-10-21(28)22(29)11-24(19)35(25)15-27(30,31)32/h10-12,14,18,36H,1,6-9,13,15-16H2,2-5H3/b23-12+,33-14-/t18-/m0/s1. The van der Waals surface area contributed by atoms with Gasteiger partial charge in [-0.3, -0.25) is 4.99 Å². The molecule has 6 nitrogen and oxygen atoms in total. The van der Waals surface area contributed by atoms with Crippen molar-refractivity contribution in [2.75, 3.05) is 40.0 Å². The number of benzene rings is 1. The fourth-order valence-electron chi connectivity index (χ4n) is 4.27. The Morgan fingerprint density at radius 1 is 1.29 bits per heavy atom. The van der Waals surface area contributed by atoms with E-state index in [-0.39, 0.29) is 28.7 Å². The molecule has 0 aliphatic carbocycles. The van der Waals surface area contributed by atoms with Crippen molar-refractivity contribution in [1.29, 1.82) is 0 Å². The molecule has 1 N–H and O–H groups in total. The number of nitrogens with zero attached hydrogens (tertiary/aromatic N) is 3. The summed E-state index contributed by atoms with van der Waals surface area (Å²) in [4.78, 5) is 6.58. The molecule has 1 atom stereocenters. The van der Waals surface area contributed by atoms with E-state index < -0.39 is 30.1 Å². The number of morpholine rings is 1. The first-order valence-corrected chi connectivity index (χ1v) is 13.0. The predicted octanol–water partition coefficient (Wildman–Crippen LogP) is 5.96. The van der Waals surface area contributed by atoms with Crippen LogP contribution < -0.4 is 0 Å². The van der Waals surface area contributed by atoms with Gasteiger partial charge in [-0.15, -0.1) is 0 Å². The molecular weight excluding hydrogens is 570 g/mol. The number of alkyl halides is 3. The minimum Gasteiger partial charge on any atom is -0.396 e. The maximum atomic E-state index is 14.6. The van der Waals surface area contributed by atoms with Crippen LogP contribution in [0.25, 0.3) is 17.0 Å². The van der Waals surface area contributed by atoms with Crippen LogP contribution in [-0.4, -0.2) is 73.1 Å². The smallest absolute Gasteiger partial charge is 0.396 e. The summed E-state index contributed by atoms with van der Waals surface area (Å²) in [5.41, 5.74) is 1.24. The van der Waals surface area contributed by atoms with E-state index in [1.165, 1.54) is 13.2 Å². The number of hydrogen-bond donors (Lipinski definition) is 1. The Morgan fingerprint density at radius 2 is 1.95 bits per heavy atom. The third-order valence-electron chi connectivity index (χ3n) is 6.51. The summed E-state index contributed by atoms with van der Waals surface area (Å²) in [5, 5.41) is 10.4. The van der Waals surface area contributed by atoms with Crippen LogP contribution in [0, 0.1) is 11.2 Å². The second-order valence-corrected chi connectivity index (χ2v) is 11.0. The summed E-state index contributed by atoms with van der Waals surface area (Å²) >= 11 is 3.17. The van der Waals surface area contributed by atoms with Crippen molar-refractivity contribution in [2.24, 2.45) is 10.4 Å². The summed E-state index contributed by atoms with van der Waals surface area (Å²) in [6.45, 7) is 10.4. The van der Waals surface area contributed by atoms with Crippen LogP contribution in [0.3, 0.4) is 0 Å². The molecule has 0 spiro atoms. The van der Waals surface area contributed by atoms with Gasteiger partial charge >= 0.3 is 6.18 Å². The zero-order valence-corrected chi connectivity index (χ0v) is 23.6. The Bertz CT molecular complexity index is 1210. The van der Waals surface area contributed by atoms with Crippen molar-refractivity contribution in [3.63, 3.8) is 0 Å². The van der Waals surface area contributed by atoms with Gasteiger partial charge in [-0.05, 0) is 58.5 Å². The average Bonchev–Trinajstić information content (AvgIpc) is 3.11. The van der Waals surface area contributed by atoms with Gasteiger partial charge in [0.25, 0.3) is 0 Å². The van der Waals surface area contributed by atoms with Crippen LogP contribution in [0.15, 0.2) is 39.6 Å². The third kappa shape index (κ3) is 7.46. The molecule has 2 aromatic rings. The first-order chi connectivity index (χ1) is 17.8. The largest absolute Gasteiger partial charge is 0.406 e. The molecule has 3 rings (SSSR count). The number of rotatable bonds is 10. The van der Waals surface area contributed by atoms with Gasteiger partial charge in [0.1, 0.15) is 12.4 Å². The SMILES string of the molecule is C=C(/C=N\C(=C\c1c(CC(C)(C)CO)c2cc(Br)c(F)cc2n1CC(F)(F)F)[C@H](C)OC)N1CCOCC1. The third-order valence-corrected chi connectivity index (χ3v) is 7.12. The minimum absolute atomic E-state index is 0.101. The van der Waals surface area contributed by atoms with Crippen molar-refractivity contribution >= 4 is 39.1 Å². The number of methoxy groups -OCH3 is 1. The molecule has 1 aliphatic rings. The Morgan fingerprint density at radius 3 is 2.53 bits per heavy atom. The van der Waals surface area contributed by atoms with E-state index >= 15 is 0 Å². The number of fused-ring (bicyclic) bond motifs is 1. The lowest BCUT2D eigenvalue weighted by Crippen LogP contribution is -2.35. The topological polar surface area (TPSA) is 59.2 Å². The van der Waals surface area contributed by atoms with Crippen LogP contribution in [-0.2, 0) is 22.4 Å². The van der Waals surface area contributed by atoms with Gasteiger partial charge in [-0.25, -0.2) is 4.39 Å². The molecule has 0 saturated carbocycles. The molecule has 1 fully saturated rings. The Hall–Kier alpha value is -2.21. The normalized spacial score (nSPS) is 16.6. The number of ether oxygens (including phenoxy) is 2. The molecule has 2 heterocycles. The lowest BCUT2D eigenvalue weighted by atomic mass is 9.85. The molecule has 0 radical (unpaired) electrons.